The van der Waals surface area contributed by atoms with Crippen LogP contribution in [0.15, 0.2) is 60.4 Å². The normalized spacial score (nSPS) is 11.8. The second-order valence-electron chi connectivity index (χ2n) is 7.00. The quantitative estimate of drug-likeness (QED) is 0.386. The highest BCUT2D eigenvalue weighted by molar-refractivity contribution is 7.16. The lowest BCUT2D eigenvalue weighted by atomic mass is 10.1. The van der Waals surface area contributed by atoms with Crippen molar-refractivity contribution in [1.29, 1.82) is 0 Å². The van der Waals surface area contributed by atoms with E-state index in [1.54, 1.807) is 41.9 Å². The molecule has 0 saturated carbocycles. The predicted molar refractivity (Wildman–Crippen MR) is 118 cm³/mol. The summed E-state index contributed by atoms with van der Waals surface area (Å²) < 4.78 is 49.3. The number of aromatic nitrogens is 4. The molecule has 1 amide bonds. The van der Waals surface area contributed by atoms with Gasteiger partial charge in [0, 0.05) is 22.7 Å². The smallest absolute Gasteiger partial charge is 0.434 e. The highest BCUT2D eigenvalue weighted by Crippen LogP contribution is 2.36. The minimum absolute atomic E-state index is 0.142. The van der Waals surface area contributed by atoms with Gasteiger partial charge in [-0.15, -0.1) is 11.3 Å². The summed E-state index contributed by atoms with van der Waals surface area (Å²) in [4.78, 5) is 21.1. The van der Waals surface area contributed by atoms with Crippen LogP contribution < -0.4 is 10.1 Å². The molecule has 0 unspecified atom stereocenters. The maximum absolute atomic E-state index is 14.2. The molecule has 7 nitrogen and oxygen atoms in total. The molecular weight excluding hydrogens is 455 g/mol. The third kappa shape index (κ3) is 3.65. The van der Waals surface area contributed by atoms with E-state index >= 15 is 0 Å². The van der Waals surface area contributed by atoms with Gasteiger partial charge in [0.25, 0.3) is 5.91 Å². The Morgan fingerprint density at radius 2 is 1.97 bits per heavy atom. The molecule has 0 fully saturated rings. The van der Waals surface area contributed by atoms with Crippen LogP contribution in [0, 0.1) is 0 Å². The molecule has 0 saturated heterocycles. The molecule has 166 valence electrons. The molecule has 0 radical (unpaired) electrons. The zero-order valence-electron chi connectivity index (χ0n) is 16.9. The first-order valence-corrected chi connectivity index (χ1v) is 10.5. The highest BCUT2D eigenvalue weighted by atomic mass is 32.1. The molecule has 3 aromatic heterocycles. The monoisotopic (exact) mass is 469 g/mol. The molecule has 33 heavy (non-hydrogen) atoms. The number of ether oxygens (including phenoxy) is 1. The van der Waals surface area contributed by atoms with Crippen LogP contribution in [-0.4, -0.2) is 32.8 Å². The van der Waals surface area contributed by atoms with E-state index in [1.807, 2.05) is 0 Å². The highest BCUT2D eigenvalue weighted by Gasteiger charge is 2.41. The summed E-state index contributed by atoms with van der Waals surface area (Å²) in [5.74, 6) is -0.659. The molecule has 2 aromatic carbocycles. The largest absolute Gasteiger partial charge is 0.481 e. The van der Waals surface area contributed by atoms with Gasteiger partial charge >= 0.3 is 6.18 Å². The van der Waals surface area contributed by atoms with Gasteiger partial charge in [-0.3, -0.25) is 4.79 Å². The van der Waals surface area contributed by atoms with Crippen molar-refractivity contribution in [2.45, 2.75) is 6.18 Å². The summed E-state index contributed by atoms with van der Waals surface area (Å²) in [6.45, 7) is 0. The summed E-state index contributed by atoms with van der Waals surface area (Å²) >= 11 is 1.42. The van der Waals surface area contributed by atoms with E-state index < -0.39 is 23.3 Å². The lowest BCUT2D eigenvalue weighted by molar-refractivity contribution is -0.143. The Morgan fingerprint density at radius 1 is 1.12 bits per heavy atom. The number of nitrogens with one attached hydrogen (secondary N) is 1. The van der Waals surface area contributed by atoms with Gasteiger partial charge in [-0.1, -0.05) is 6.07 Å². The molecule has 0 atom stereocenters. The molecule has 5 aromatic rings. The summed E-state index contributed by atoms with van der Waals surface area (Å²) in [5, 5.41) is 7.40. The first-order chi connectivity index (χ1) is 15.9. The fourth-order valence-electron chi connectivity index (χ4n) is 3.62. The van der Waals surface area contributed by atoms with E-state index in [2.05, 4.69) is 20.4 Å². The molecule has 0 spiro atoms. The molecule has 0 aliphatic rings. The maximum atomic E-state index is 14.2. The standard InChI is InChI=1S/C22H14F3N5O2S/c1-32-21-14-3-2-4-17(13(14)7-8-26-21)30-19(22(23,24)25)15(10-28-30)20(31)29-12-5-6-18-16(9-12)27-11-33-18/h2-11H,1H3,(H,29,31). The van der Waals surface area contributed by atoms with Gasteiger partial charge in [-0.2, -0.15) is 18.3 Å². The zero-order valence-corrected chi connectivity index (χ0v) is 17.7. The number of carbonyl (C=O) groups excluding carboxylic acids is 1. The Labute approximate surface area is 188 Å². The van der Waals surface area contributed by atoms with Crippen LogP contribution in [0.5, 0.6) is 5.88 Å². The Morgan fingerprint density at radius 3 is 2.76 bits per heavy atom. The van der Waals surface area contributed by atoms with Gasteiger partial charge in [-0.05, 0) is 36.4 Å². The van der Waals surface area contributed by atoms with Crippen molar-refractivity contribution in [2.75, 3.05) is 12.4 Å². The molecule has 3 heterocycles. The van der Waals surface area contributed by atoms with Gasteiger partial charge in [0.05, 0.1) is 40.3 Å². The number of pyridine rings is 1. The van der Waals surface area contributed by atoms with E-state index in [0.717, 1.165) is 15.6 Å². The van der Waals surface area contributed by atoms with Gasteiger partial charge < -0.3 is 10.1 Å². The zero-order chi connectivity index (χ0) is 23.2. The van der Waals surface area contributed by atoms with Gasteiger partial charge in [-0.25, -0.2) is 14.6 Å². The van der Waals surface area contributed by atoms with Crippen molar-refractivity contribution in [3.63, 3.8) is 0 Å². The minimum atomic E-state index is -4.85. The number of hydrogen-bond donors (Lipinski definition) is 1. The second-order valence-corrected chi connectivity index (χ2v) is 7.88. The molecular formula is C22H14F3N5O2S. The summed E-state index contributed by atoms with van der Waals surface area (Å²) in [6.07, 6.45) is -2.50. The molecule has 0 aliphatic heterocycles. The van der Waals surface area contributed by atoms with E-state index in [1.165, 1.54) is 30.7 Å². The van der Waals surface area contributed by atoms with Crippen LogP contribution in [0.3, 0.4) is 0 Å². The van der Waals surface area contributed by atoms with Crippen molar-refractivity contribution in [1.82, 2.24) is 19.7 Å². The Balaban J connectivity index is 1.61. The van der Waals surface area contributed by atoms with E-state index in [9.17, 15) is 18.0 Å². The average Bonchev–Trinajstić information content (AvgIpc) is 3.45. The molecule has 0 bridgehead atoms. The van der Waals surface area contributed by atoms with Crippen LogP contribution >= 0.6 is 11.3 Å². The van der Waals surface area contributed by atoms with Crippen molar-refractivity contribution in [2.24, 2.45) is 0 Å². The number of amides is 1. The summed E-state index contributed by atoms with van der Waals surface area (Å²) in [7, 11) is 1.43. The third-order valence-corrected chi connectivity index (χ3v) is 5.85. The number of thiazole rings is 1. The van der Waals surface area contributed by atoms with Crippen molar-refractivity contribution < 1.29 is 22.7 Å². The van der Waals surface area contributed by atoms with Crippen molar-refractivity contribution >= 4 is 43.9 Å². The molecule has 1 N–H and O–H groups in total. The third-order valence-electron chi connectivity index (χ3n) is 5.04. The van der Waals surface area contributed by atoms with Crippen LogP contribution in [0.1, 0.15) is 16.1 Å². The maximum Gasteiger partial charge on any atom is 0.434 e. The first-order valence-electron chi connectivity index (χ1n) is 9.59. The van der Waals surface area contributed by atoms with Crippen molar-refractivity contribution in [3.8, 4) is 11.6 Å². The fourth-order valence-corrected chi connectivity index (χ4v) is 4.27. The Kier molecular flexibility index (Phi) is 4.97. The number of alkyl halides is 3. The van der Waals surface area contributed by atoms with E-state index in [-0.39, 0.29) is 11.6 Å². The molecule has 11 heteroatoms. The fraction of sp³-hybridized carbons (Fsp3) is 0.0909. The number of benzene rings is 2. The Bertz CT molecular complexity index is 1510. The number of hydrogen-bond acceptors (Lipinski definition) is 6. The average molecular weight is 469 g/mol. The van der Waals surface area contributed by atoms with E-state index in [4.69, 9.17) is 4.74 Å². The van der Waals surface area contributed by atoms with E-state index in [0.29, 0.717) is 22.0 Å². The number of carbonyl (C=O) groups is 1. The van der Waals surface area contributed by atoms with Crippen molar-refractivity contribution in [3.05, 3.63) is 71.6 Å². The lowest BCUT2D eigenvalue weighted by Gasteiger charge is -2.15. The van der Waals surface area contributed by atoms with Gasteiger partial charge in [0.15, 0.2) is 5.69 Å². The summed E-state index contributed by atoms with van der Waals surface area (Å²) in [5.41, 5.74) is 0.986. The number of rotatable bonds is 4. The van der Waals surface area contributed by atoms with Gasteiger partial charge in [0.1, 0.15) is 0 Å². The number of fused-ring (bicyclic) bond motifs is 2. The van der Waals surface area contributed by atoms with Gasteiger partial charge in [0.2, 0.25) is 5.88 Å². The van der Waals surface area contributed by atoms with Crippen LogP contribution in [0.4, 0.5) is 18.9 Å². The number of halogens is 3. The SMILES string of the molecule is COc1nccc2c(-n3ncc(C(=O)Nc4ccc5scnc5c4)c3C(F)(F)F)cccc12. The first kappa shape index (κ1) is 20.9. The molecule has 0 aliphatic carbocycles. The van der Waals surface area contributed by atoms with Crippen LogP contribution in [-0.2, 0) is 6.18 Å². The predicted octanol–water partition coefficient (Wildman–Crippen LogP) is 5.31. The number of nitrogens with zero attached hydrogens (tertiary/aromatic N) is 4. The van der Waals surface area contributed by atoms with Crippen LogP contribution in [0.25, 0.3) is 26.7 Å². The molecule has 5 rings (SSSR count). The topological polar surface area (TPSA) is 81.9 Å². The number of methoxy groups -OCH3 is 1. The second kappa shape index (κ2) is 7.85. The summed E-state index contributed by atoms with van der Waals surface area (Å²) in [6, 6.07) is 11.3. The Hall–Kier alpha value is -3.99. The lowest BCUT2D eigenvalue weighted by Crippen LogP contribution is -2.20. The van der Waals surface area contributed by atoms with Crippen LogP contribution in [0.2, 0.25) is 0 Å². The number of anilines is 1. The minimum Gasteiger partial charge on any atom is -0.481 e.